The number of carbonyl (C=O) groups is 3. The normalized spacial score (nSPS) is 12.2. The van der Waals surface area contributed by atoms with Gasteiger partial charge in [-0.3, -0.25) is 14.4 Å². The molecule has 0 saturated carbocycles. The Morgan fingerprint density at radius 3 is 0.955 bits per heavy atom. The number of allylic oxidation sites excluding steroid dienone is 6. The summed E-state index contributed by atoms with van der Waals surface area (Å²) >= 11 is 0. The zero-order chi connectivity index (χ0) is 47.9. The molecule has 0 heterocycles. The molecule has 0 aromatic rings. The molecule has 6 heteroatoms. The van der Waals surface area contributed by atoms with Crippen LogP contribution in [0.2, 0.25) is 0 Å². The van der Waals surface area contributed by atoms with Crippen molar-refractivity contribution >= 4 is 17.9 Å². The van der Waals surface area contributed by atoms with E-state index in [1.807, 2.05) is 0 Å². The van der Waals surface area contributed by atoms with Gasteiger partial charge in [-0.1, -0.05) is 263 Å². The number of hydrogen-bond donors (Lipinski definition) is 0. The van der Waals surface area contributed by atoms with Gasteiger partial charge >= 0.3 is 17.9 Å². The lowest BCUT2D eigenvalue weighted by Gasteiger charge is -2.18. The molecule has 0 bridgehead atoms. The first-order chi connectivity index (χ1) is 32.5. The number of unbranched alkanes of at least 4 members (excludes halogenated alkanes) is 36. The van der Waals surface area contributed by atoms with Crippen molar-refractivity contribution in [2.75, 3.05) is 13.2 Å². The first-order valence-corrected chi connectivity index (χ1v) is 29.0. The van der Waals surface area contributed by atoms with Crippen molar-refractivity contribution in [2.45, 2.75) is 316 Å². The molecule has 0 aliphatic heterocycles. The molecule has 0 fully saturated rings. The molecule has 6 nitrogen and oxygen atoms in total. The summed E-state index contributed by atoms with van der Waals surface area (Å²) in [5.41, 5.74) is 0. The van der Waals surface area contributed by atoms with E-state index < -0.39 is 6.10 Å². The van der Waals surface area contributed by atoms with Crippen LogP contribution in [0.25, 0.3) is 0 Å². The standard InChI is InChI=1S/C60H110O6/c1-4-7-10-13-16-19-22-24-26-27-28-29-30-31-32-33-34-35-37-38-41-44-47-50-53-59(62)65-56-57(55-64-58(61)52-49-46-43-40-21-18-15-12-9-6-3)66-60(63)54-51-48-45-42-39-36-25-23-20-17-14-11-8-5-2/h12,14-15,17,23,25,57H,4-11,13,16,18-22,24,26-56H2,1-3H3/b15-12-,17-14-,25-23-. The summed E-state index contributed by atoms with van der Waals surface area (Å²) in [6, 6.07) is 0. The van der Waals surface area contributed by atoms with E-state index in [2.05, 4.69) is 57.2 Å². The third kappa shape index (κ3) is 52.6. The zero-order valence-electron chi connectivity index (χ0n) is 44.2. The number of rotatable bonds is 53. The number of hydrogen-bond acceptors (Lipinski definition) is 6. The fourth-order valence-electron chi connectivity index (χ4n) is 8.46. The van der Waals surface area contributed by atoms with E-state index in [9.17, 15) is 14.4 Å². The van der Waals surface area contributed by atoms with Gasteiger partial charge in [-0.15, -0.1) is 0 Å². The quantitative estimate of drug-likeness (QED) is 0.0262. The Morgan fingerprint density at radius 2 is 0.591 bits per heavy atom. The van der Waals surface area contributed by atoms with Gasteiger partial charge in [0.25, 0.3) is 0 Å². The Kier molecular flexibility index (Phi) is 53.2. The first kappa shape index (κ1) is 63.6. The molecule has 0 radical (unpaired) electrons. The number of esters is 3. The van der Waals surface area contributed by atoms with Crippen LogP contribution in [0.15, 0.2) is 36.5 Å². The zero-order valence-corrected chi connectivity index (χ0v) is 44.2. The highest BCUT2D eigenvalue weighted by atomic mass is 16.6. The molecule has 0 rings (SSSR count). The predicted molar refractivity (Wildman–Crippen MR) is 284 cm³/mol. The van der Waals surface area contributed by atoms with E-state index in [0.29, 0.717) is 19.3 Å². The number of ether oxygens (including phenoxy) is 3. The molecular weight excluding hydrogens is 817 g/mol. The van der Waals surface area contributed by atoms with Crippen molar-refractivity contribution in [1.82, 2.24) is 0 Å². The summed E-state index contributed by atoms with van der Waals surface area (Å²) in [5, 5.41) is 0. The SMILES string of the molecule is CCC/C=C\CCCCCCCC(=O)OCC(COC(=O)CCCCCCCCCCCCCCCCCCCCCCCCCC)OC(=O)CCCCCCC/C=C\C/C=C\CCCC. The van der Waals surface area contributed by atoms with Crippen molar-refractivity contribution < 1.29 is 28.6 Å². The monoisotopic (exact) mass is 927 g/mol. The van der Waals surface area contributed by atoms with Crippen LogP contribution in [0.5, 0.6) is 0 Å². The average molecular weight is 928 g/mol. The summed E-state index contributed by atoms with van der Waals surface area (Å²) in [4.78, 5) is 38.0. The van der Waals surface area contributed by atoms with Gasteiger partial charge in [0.2, 0.25) is 0 Å². The first-order valence-electron chi connectivity index (χ1n) is 29.0. The lowest BCUT2D eigenvalue weighted by molar-refractivity contribution is -0.167. The van der Waals surface area contributed by atoms with Gasteiger partial charge in [0.1, 0.15) is 13.2 Å². The summed E-state index contributed by atoms with van der Waals surface area (Å²) < 4.78 is 16.8. The molecule has 0 spiro atoms. The van der Waals surface area contributed by atoms with Gasteiger partial charge in [0.15, 0.2) is 6.10 Å². The highest BCUT2D eigenvalue weighted by molar-refractivity contribution is 5.71. The lowest BCUT2D eigenvalue weighted by Crippen LogP contribution is -2.30. The van der Waals surface area contributed by atoms with Gasteiger partial charge in [-0.05, 0) is 64.2 Å². The van der Waals surface area contributed by atoms with E-state index in [-0.39, 0.29) is 31.1 Å². The highest BCUT2D eigenvalue weighted by Gasteiger charge is 2.19. The Bertz CT molecular complexity index is 1110. The van der Waals surface area contributed by atoms with E-state index in [1.165, 1.54) is 173 Å². The fraction of sp³-hybridized carbons (Fsp3) is 0.850. The van der Waals surface area contributed by atoms with E-state index in [4.69, 9.17) is 14.2 Å². The van der Waals surface area contributed by atoms with Crippen molar-refractivity contribution in [3.05, 3.63) is 36.5 Å². The summed E-state index contributed by atoms with van der Waals surface area (Å²) in [5.74, 6) is -0.889. The van der Waals surface area contributed by atoms with Crippen molar-refractivity contribution in [2.24, 2.45) is 0 Å². The second-order valence-electron chi connectivity index (χ2n) is 19.6. The molecule has 1 unspecified atom stereocenters. The van der Waals surface area contributed by atoms with Crippen molar-refractivity contribution in [1.29, 1.82) is 0 Å². The van der Waals surface area contributed by atoms with E-state index in [0.717, 1.165) is 96.3 Å². The van der Waals surface area contributed by atoms with Gasteiger partial charge in [-0.25, -0.2) is 0 Å². The fourth-order valence-corrected chi connectivity index (χ4v) is 8.46. The molecule has 0 N–H and O–H groups in total. The molecule has 0 aliphatic rings. The third-order valence-electron chi connectivity index (χ3n) is 12.8. The molecule has 0 aliphatic carbocycles. The molecule has 0 aromatic heterocycles. The predicted octanol–water partition coefficient (Wildman–Crippen LogP) is 19.3. The maximum Gasteiger partial charge on any atom is 0.306 e. The average Bonchev–Trinajstić information content (AvgIpc) is 3.31. The minimum atomic E-state index is -0.779. The summed E-state index contributed by atoms with van der Waals surface area (Å²) in [6.07, 6.45) is 65.8. The van der Waals surface area contributed by atoms with Crippen LogP contribution in [0, 0.1) is 0 Å². The lowest BCUT2D eigenvalue weighted by atomic mass is 10.0. The smallest absolute Gasteiger partial charge is 0.306 e. The summed E-state index contributed by atoms with van der Waals surface area (Å²) in [6.45, 7) is 6.56. The van der Waals surface area contributed by atoms with Crippen LogP contribution in [0.3, 0.4) is 0 Å². The van der Waals surface area contributed by atoms with Crippen LogP contribution in [-0.4, -0.2) is 37.2 Å². The van der Waals surface area contributed by atoms with Gasteiger partial charge in [-0.2, -0.15) is 0 Å². The van der Waals surface area contributed by atoms with Gasteiger partial charge in [0, 0.05) is 19.3 Å². The van der Waals surface area contributed by atoms with E-state index >= 15 is 0 Å². The summed E-state index contributed by atoms with van der Waals surface area (Å²) in [7, 11) is 0. The molecule has 0 aromatic carbocycles. The molecule has 0 saturated heterocycles. The third-order valence-corrected chi connectivity index (χ3v) is 12.8. The molecule has 1 atom stereocenters. The molecule has 0 amide bonds. The molecule has 66 heavy (non-hydrogen) atoms. The highest BCUT2D eigenvalue weighted by Crippen LogP contribution is 2.17. The second kappa shape index (κ2) is 55.2. The maximum absolute atomic E-state index is 12.8. The molecule has 386 valence electrons. The minimum Gasteiger partial charge on any atom is -0.462 e. The minimum absolute atomic E-state index is 0.0774. The van der Waals surface area contributed by atoms with Crippen LogP contribution >= 0.6 is 0 Å². The maximum atomic E-state index is 12.8. The van der Waals surface area contributed by atoms with Gasteiger partial charge in [0.05, 0.1) is 0 Å². The Hall–Kier alpha value is -2.37. The van der Waals surface area contributed by atoms with Crippen LogP contribution in [0.4, 0.5) is 0 Å². The van der Waals surface area contributed by atoms with Crippen molar-refractivity contribution in [3.63, 3.8) is 0 Å². The molecular formula is C60H110O6. The Balaban J connectivity index is 4.18. The van der Waals surface area contributed by atoms with Crippen LogP contribution in [0.1, 0.15) is 310 Å². The largest absolute Gasteiger partial charge is 0.462 e. The van der Waals surface area contributed by atoms with Crippen molar-refractivity contribution in [3.8, 4) is 0 Å². The second-order valence-corrected chi connectivity index (χ2v) is 19.6. The van der Waals surface area contributed by atoms with Gasteiger partial charge < -0.3 is 14.2 Å². The van der Waals surface area contributed by atoms with Crippen LogP contribution in [-0.2, 0) is 28.6 Å². The van der Waals surface area contributed by atoms with Crippen LogP contribution < -0.4 is 0 Å². The number of carbonyl (C=O) groups excluding carboxylic acids is 3. The Labute approximate surface area is 410 Å². The van der Waals surface area contributed by atoms with E-state index in [1.54, 1.807) is 0 Å². The topological polar surface area (TPSA) is 78.9 Å². The Morgan fingerprint density at radius 1 is 0.303 bits per heavy atom.